The molecule has 1 aliphatic rings. The molecular formula is C13H18ClNO2. The fraction of sp³-hybridized carbons (Fsp3) is 0.538. The van der Waals surface area contributed by atoms with Crippen molar-refractivity contribution in [1.29, 1.82) is 0 Å². The maximum absolute atomic E-state index is 9.40. The van der Waals surface area contributed by atoms with E-state index in [0.717, 1.165) is 31.6 Å². The van der Waals surface area contributed by atoms with Crippen molar-refractivity contribution in [2.24, 2.45) is 0 Å². The van der Waals surface area contributed by atoms with Crippen LogP contribution in [0.1, 0.15) is 24.4 Å². The molecule has 4 heteroatoms. The predicted octanol–water partition coefficient (Wildman–Crippen LogP) is 2.14. The molecule has 0 saturated carbocycles. The van der Waals surface area contributed by atoms with Crippen molar-refractivity contribution in [3.05, 3.63) is 34.9 Å². The van der Waals surface area contributed by atoms with Crippen LogP contribution in [-0.4, -0.2) is 31.0 Å². The van der Waals surface area contributed by atoms with Crippen LogP contribution in [0.4, 0.5) is 0 Å². The van der Waals surface area contributed by atoms with Gasteiger partial charge in [0.25, 0.3) is 0 Å². The maximum Gasteiger partial charge on any atom is 0.0700 e. The Kier molecular flexibility index (Phi) is 4.80. The SMILES string of the molecule is OCC(NCC1CCCO1)c1cccc(Cl)c1. The van der Waals surface area contributed by atoms with Crippen molar-refractivity contribution in [3.63, 3.8) is 0 Å². The van der Waals surface area contributed by atoms with E-state index in [-0.39, 0.29) is 18.8 Å². The molecule has 0 radical (unpaired) electrons. The summed E-state index contributed by atoms with van der Waals surface area (Å²) < 4.78 is 5.54. The summed E-state index contributed by atoms with van der Waals surface area (Å²) in [5.41, 5.74) is 1.01. The lowest BCUT2D eigenvalue weighted by Gasteiger charge is -2.19. The van der Waals surface area contributed by atoms with Gasteiger partial charge in [-0.05, 0) is 30.5 Å². The third kappa shape index (κ3) is 3.68. The van der Waals surface area contributed by atoms with Gasteiger partial charge < -0.3 is 15.2 Å². The second-order valence-corrected chi connectivity index (χ2v) is 4.77. The second kappa shape index (κ2) is 6.36. The summed E-state index contributed by atoms with van der Waals surface area (Å²) in [5, 5.41) is 13.4. The van der Waals surface area contributed by atoms with Crippen molar-refractivity contribution >= 4 is 11.6 Å². The molecule has 17 heavy (non-hydrogen) atoms. The number of aliphatic hydroxyl groups excluding tert-OH is 1. The van der Waals surface area contributed by atoms with Crippen LogP contribution in [0.15, 0.2) is 24.3 Å². The highest BCUT2D eigenvalue weighted by molar-refractivity contribution is 6.30. The Morgan fingerprint density at radius 1 is 1.53 bits per heavy atom. The molecule has 1 aromatic rings. The van der Waals surface area contributed by atoms with E-state index in [9.17, 15) is 5.11 Å². The van der Waals surface area contributed by atoms with Crippen LogP contribution in [-0.2, 0) is 4.74 Å². The molecule has 2 unspecified atom stereocenters. The molecule has 0 amide bonds. The van der Waals surface area contributed by atoms with E-state index in [1.165, 1.54) is 0 Å². The first-order chi connectivity index (χ1) is 8.29. The number of benzene rings is 1. The first kappa shape index (κ1) is 12.8. The number of ether oxygens (including phenoxy) is 1. The highest BCUT2D eigenvalue weighted by atomic mass is 35.5. The van der Waals surface area contributed by atoms with E-state index in [1.54, 1.807) is 0 Å². The van der Waals surface area contributed by atoms with Crippen LogP contribution in [0.5, 0.6) is 0 Å². The van der Waals surface area contributed by atoms with E-state index in [4.69, 9.17) is 16.3 Å². The predicted molar refractivity (Wildman–Crippen MR) is 68.3 cm³/mol. The van der Waals surface area contributed by atoms with Crippen molar-refractivity contribution < 1.29 is 9.84 Å². The fourth-order valence-corrected chi connectivity index (χ4v) is 2.29. The summed E-state index contributed by atoms with van der Waals surface area (Å²) in [4.78, 5) is 0. The smallest absolute Gasteiger partial charge is 0.0700 e. The zero-order valence-electron chi connectivity index (χ0n) is 9.73. The van der Waals surface area contributed by atoms with Crippen LogP contribution < -0.4 is 5.32 Å². The van der Waals surface area contributed by atoms with Gasteiger partial charge in [0.2, 0.25) is 0 Å². The van der Waals surface area contributed by atoms with E-state index < -0.39 is 0 Å². The molecule has 1 aromatic carbocycles. The van der Waals surface area contributed by atoms with E-state index in [1.807, 2.05) is 24.3 Å². The summed E-state index contributed by atoms with van der Waals surface area (Å²) in [6.45, 7) is 1.69. The van der Waals surface area contributed by atoms with Gasteiger partial charge in [0.1, 0.15) is 0 Å². The Morgan fingerprint density at radius 3 is 3.06 bits per heavy atom. The molecule has 94 valence electrons. The molecule has 2 atom stereocenters. The summed E-state index contributed by atoms with van der Waals surface area (Å²) in [5.74, 6) is 0. The number of hydrogen-bond donors (Lipinski definition) is 2. The third-order valence-electron chi connectivity index (χ3n) is 3.05. The highest BCUT2D eigenvalue weighted by Crippen LogP contribution is 2.18. The van der Waals surface area contributed by atoms with Gasteiger partial charge >= 0.3 is 0 Å². The number of hydrogen-bond acceptors (Lipinski definition) is 3. The van der Waals surface area contributed by atoms with Gasteiger partial charge in [0.15, 0.2) is 0 Å². The Bertz CT molecular complexity index is 353. The van der Waals surface area contributed by atoms with Gasteiger partial charge in [0, 0.05) is 18.2 Å². The fourth-order valence-electron chi connectivity index (χ4n) is 2.09. The van der Waals surface area contributed by atoms with Gasteiger partial charge in [-0.15, -0.1) is 0 Å². The van der Waals surface area contributed by atoms with Crippen LogP contribution in [0.3, 0.4) is 0 Å². The summed E-state index contributed by atoms with van der Waals surface area (Å²) >= 11 is 5.94. The Labute approximate surface area is 107 Å². The number of halogens is 1. The summed E-state index contributed by atoms with van der Waals surface area (Å²) in [6, 6.07) is 7.51. The average molecular weight is 256 g/mol. The zero-order chi connectivity index (χ0) is 12.1. The monoisotopic (exact) mass is 255 g/mol. The zero-order valence-corrected chi connectivity index (χ0v) is 10.5. The third-order valence-corrected chi connectivity index (χ3v) is 3.28. The van der Waals surface area contributed by atoms with E-state index in [0.29, 0.717) is 5.02 Å². The van der Waals surface area contributed by atoms with Gasteiger partial charge in [-0.1, -0.05) is 23.7 Å². The van der Waals surface area contributed by atoms with Crippen molar-refractivity contribution in [3.8, 4) is 0 Å². The second-order valence-electron chi connectivity index (χ2n) is 4.33. The van der Waals surface area contributed by atoms with Crippen LogP contribution >= 0.6 is 11.6 Å². The quantitative estimate of drug-likeness (QED) is 0.847. The van der Waals surface area contributed by atoms with Crippen molar-refractivity contribution in [2.45, 2.75) is 25.0 Å². The molecule has 1 aliphatic heterocycles. The number of aliphatic hydroxyl groups is 1. The van der Waals surface area contributed by atoms with Gasteiger partial charge in [0.05, 0.1) is 18.8 Å². The standard InChI is InChI=1S/C13H18ClNO2/c14-11-4-1-3-10(7-11)13(9-16)15-8-12-5-2-6-17-12/h1,3-4,7,12-13,15-16H,2,5-6,8-9H2. The van der Waals surface area contributed by atoms with Gasteiger partial charge in [-0.3, -0.25) is 0 Å². The molecule has 1 fully saturated rings. The molecule has 1 saturated heterocycles. The molecule has 1 heterocycles. The summed E-state index contributed by atoms with van der Waals surface area (Å²) in [6.07, 6.45) is 2.51. The van der Waals surface area contributed by atoms with E-state index >= 15 is 0 Å². The lowest BCUT2D eigenvalue weighted by Crippen LogP contribution is -2.31. The molecule has 0 bridgehead atoms. The minimum absolute atomic E-state index is 0.0626. The normalized spacial score (nSPS) is 21.6. The minimum Gasteiger partial charge on any atom is -0.394 e. The lowest BCUT2D eigenvalue weighted by atomic mass is 10.1. The average Bonchev–Trinajstić information content (AvgIpc) is 2.83. The van der Waals surface area contributed by atoms with Crippen LogP contribution in [0.25, 0.3) is 0 Å². The topological polar surface area (TPSA) is 41.5 Å². The molecule has 0 aromatic heterocycles. The molecule has 3 nitrogen and oxygen atoms in total. The molecule has 0 spiro atoms. The Hall–Kier alpha value is -0.610. The van der Waals surface area contributed by atoms with Gasteiger partial charge in [-0.25, -0.2) is 0 Å². The first-order valence-electron chi connectivity index (χ1n) is 6.01. The summed E-state index contributed by atoms with van der Waals surface area (Å²) in [7, 11) is 0. The molecular weight excluding hydrogens is 238 g/mol. The van der Waals surface area contributed by atoms with Crippen molar-refractivity contribution in [2.75, 3.05) is 19.8 Å². The Morgan fingerprint density at radius 2 is 2.41 bits per heavy atom. The number of nitrogens with one attached hydrogen (secondary N) is 1. The molecule has 2 rings (SSSR count). The maximum atomic E-state index is 9.40. The lowest BCUT2D eigenvalue weighted by molar-refractivity contribution is 0.104. The first-order valence-corrected chi connectivity index (χ1v) is 6.38. The van der Waals surface area contributed by atoms with Crippen LogP contribution in [0.2, 0.25) is 5.02 Å². The van der Waals surface area contributed by atoms with Gasteiger partial charge in [-0.2, -0.15) is 0 Å². The molecule has 2 N–H and O–H groups in total. The number of rotatable bonds is 5. The molecule has 0 aliphatic carbocycles. The Balaban J connectivity index is 1.91. The van der Waals surface area contributed by atoms with Crippen LogP contribution in [0, 0.1) is 0 Å². The highest BCUT2D eigenvalue weighted by Gasteiger charge is 2.17. The van der Waals surface area contributed by atoms with Crippen molar-refractivity contribution in [1.82, 2.24) is 5.32 Å². The van der Waals surface area contributed by atoms with E-state index in [2.05, 4.69) is 5.32 Å². The minimum atomic E-state index is -0.0714. The largest absolute Gasteiger partial charge is 0.394 e.